The Morgan fingerprint density at radius 1 is 1.05 bits per heavy atom. The number of imidazole rings is 1. The van der Waals surface area contributed by atoms with E-state index in [9.17, 15) is 4.39 Å². The maximum absolute atomic E-state index is 13.0. The van der Waals surface area contributed by atoms with Crippen LogP contribution in [0.15, 0.2) is 95.5 Å². The monoisotopic (exact) mass is 737 g/mol. The van der Waals surface area contributed by atoms with Crippen LogP contribution in [0, 0.1) is 31.1 Å². The van der Waals surface area contributed by atoms with Crippen LogP contribution in [0.25, 0.3) is 49.9 Å². The van der Waals surface area contributed by atoms with Gasteiger partial charge in [0, 0.05) is 21.5 Å². The molecule has 3 heterocycles. The number of aryl methyl sites for hydroxylation is 2. The maximum atomic E-state index is 13.0. The minimum absolute atomic E-state index is 0. The average molecular weight is 737 g/mol. The van der Waals surface area contributed by atoms with Gasteiger partial charge in [0.05, 0.1) is 25.9 Å². The van der Waals surface area contributed by atoms with E-state index in [1.165, 1.54) is 29.8 Å². The van der Waals surface area contributed by atoms with Crippen molar-refractivity contribution >= 4 is 33.0 Å². The number of pyridine rings is 1. The number of benzene rings is 4. The SMILES string of the molecule is [2H]C([2H])(C)[n+]1[c-]n(-c2[c-]cc(F)cc2)c2ccccc21.[2H]C([2H])([2H])c1cnc(-c2[c-]ccc3c2oc2ccccc23)cc1C(C)C.[Ir+3]. The quantitative estimate of drug-likeness (QED) is 0.134. The van der Waals surface area contributed by atoms with Crippen molar-refractivity contribution in [1.29, 1.82) is 0 Å². The first-order valence-corrected chi connectivity index (χ1v) is 13.3. The molecule has 3 aromatic heterocycles. The van der Waals surface area contributed by atoms with E-state index in [-0.39, 0.29) is 31.8 Å². The molecule has 4 nitrogen and oxygen atoms in total. The molecule has 42 heavy (non-hydrogen) atoms. The topological polar surface area (TPSA) is 34.8 Å². The second-order valence-corrected chi connectivity index (χ2v) is 9.88. The second kappa shape index (κ2) is 12.4. The molecule has 0 radical (unpaired) electrons. The molecule has 0 N–H and O–H groups in total. The van der Waals surface area contributed by atoms with Crippen molar-refractivity contribution in [2.24, 2.45) is 0 Å². The molecule has 0 aliphatic carbocycles. The van der Waals surface area contributed by atoms with Crippen molar-refractivity contribution in [3.05, 3.63) is 127 Å². The van der Waals surface area contributed by atoms with Gasteiger partial charge in [-0.2, -0.15) is 12.1 Å². The maximum Gasteiger partial charge on any atom is 3.00 e. The Kier molecular flexibility index (Phi) is 6.92. The summed E-state index contributed by atoms with van der Waals surface area (Å²) in [6.07, 6.45) is 4.44. The van der Waals surface area contributed by atoms with Gasteiger partial charge in [-0.25, -0.2) is 0 Å². The Balaban J connectivity index is 0.000000187. The van der Waals surface area contributed by atoms with Crippen molar-refractivity contribution < 1.29 is 40.3 Å². The van der Waals surface area contributed by atoms with Crippen LogP contribution in [-0.2, 0) is 26.6 Å². The fraction of sp³-hybridized carbons (Fsp3) is 0.167. The third-order valence-corrected chi connectivity index (χ3v) is 6.94. The van der Waals surface area contributed by atoms with Gasteiger partial charge in [-0.05, 0) is 42.6 Å². The summed E-state index contributed by atoms with van der Waals surface area (Å²) in [5.41, 5.74) is 6.15. The molecule has 7 rings (SSSR count). The number of furan rings is 1. The van der Waals surface area contributed by atoms with Crippen molar-refractivity contribution in [2.45, 2.75) is 40.0 Å². The van der Waals surface area contributed by atoms with Crippen LogP contribution in [0.3, 0.4) is 0 Å². The van der Waals surface area contributed by atoms with Gasteiger partial charge in [0.1, 0.15) is 5.58 Å². The van der Waals surface area contributed by atoms with Gasteiger partial charge < -0.3 is 18.5 Å². The van der Waals surface area contributed by atoms with E-state index in [1.807, 2.05) is 80.6 Å². The van der Waals surface area contributed by atoms with E-state index in [2.05, 4.69) is 23.4 Å². The van der Waals surface area contributed by atoms with Crippen molar-refractivity contribution in [1.82, 2.24) is 9.55 Å². The van der Waals surface area contributed by atoms with Crippen LogP contribution in [0.5, 0.6) is 0 Å². The van der Waals surface area contributed by atoms with Gasteiger partial charge in [-0.1, -0.05) is 79.0 Å². The number of halogens is 1. The molecule has 0 aliphatic heterocycles. The Bertz CT molecular complexity index is 2180. The van der Waals surface area contributed by atoms with Gasteiger partial charge in [-0.3, -0.25) is 4.39 Å². The third kappa shape index (κ3) is 5.53. The fourth-order valence-electron chi connectivity index (χ4n) is 4.91. The van der Waals surface area contributed by atoms with Crippen LogP contribution in [0.2, 0.25) is 0 Å². The number of rotatable bonds is 4. The Labute approximate surface area is 265 Å². The largest absolute Gasteiger partial charge is 3.00 e. The van der Waals surface area contributed by atoms with Crippen molar-refractivity contribution in [2.75, 3.05) is 0 Å². The third-order valence-electron chi connectivity index (χ3n) is 6.94. The Morgan fingerprint density at radius 2 is 1.86 bits per heavy atom. The molecule has 7 aromatic rings. The number of hydrogen-bond donors (Lipinski definition) is 0. The summed E-state index contributed by atoms with van der Waals surface area (Å²) in [6.45, 7) is 1.68. The predicted molar refractivity (Wildman–Crippen MR) is 161 cm³/mol. The summed E-state index contributed by atoms with van der Waals surface area (Å²) < 4.78 is 61.2. The molecule has 6 heteroatoms. The van der Waals surface area contributed by atoms with Crippen LogP contribution in [0.4, 0.5) is 4.39 Å². The minimum Gasteiger partial charge on any atom is -0.501 e. The van der Waals surface area contributed by atoms with Crippen LogP contribution in [0.1, 0.15) is 44.7 Å². The predicted octanol–water partition coefficient (Wildman–Crippen LogP) is 8.55. The number of para-hydroxylation sites is 3. The van der Waals surface area contributed by atoms with Gasteiger partial charge in [-0.15, -0.1) is 30.3 Å². The zero-order valence-electron chi connectivity index (χ0n) is 28.2. The summed E-state index contributed by atoms with van der Waals surface area (Å²) in [5, 5.41) is 2.04. The summed E-state index contributed by atoms with van der Waals surface area (Å²) in [7, 11) is 0. The minimum atomic E-state index is -2.18. The van der Waals surface area contributed by atoms with Gasteiger partial charge >= 0.3 is 20.1 Å². The number of nitrogens with zero attached hydrogens (tertiary/aromatic N) is 3. The molecule has 0 aliphatic rings. The van der Waals surface area contributed by atoms with E-state index in [1.54, 1.807) is 10.6 Å². The van der Waals surface area contributed by atoms with Gasteiger partial charge in [0.2, 0.25) is 6.33 Å². The van der Waals surface area contributed by atoms with E-state index < -0.39 is 13.3 Å². The number of aromatic nitrogens is 3. The summed E-state index contributed by atoms with van der Waals surface area (Å²) in [6, 6.07) is 31.2. The number of hydrogen-bond acceptors (Lipinski definition) is 2. The second-order valence-electron chi connectivity index (χ2n) is 9.88. The standard InChI is InChI=1S/C21H18NO.C15H12FN2.Ir/c1-13(2)18-11-19(22-12-14(18)3)17-9-6-8-16-15-7-4-5-10-20(15)23-21(16)17;1-2-17-11-18(13-9-7-12(16)8-10-13)15-6-4-3-5-14(15)17;/h4-8,10-13H,1-3H3;3-9H,2H2,1H3;/q2*-1;+3/i3D3;2D2;. The molecule has 4 aromatic carbocycles. The van der Waals surface area contributed by atoms with Gasteiger partial charge in [0.15, 0.2) is 0 Å². The van der Waals surface area contributed by atoms with Crippen molar-refractivity contribution in [3.63, 3.8) is 0 Å². The molecular formula is C36H30FIrN3O+. The molecule has 0 amide bonds. The molecule has 0 spiro atoms. The zero-order valence-corrected chi connectivity index (χ0v) is 25.6. The van der Waals surface area contributed by atoms with E-state index in [4.69, 9.17) is 11.3 Å². The molecule has 0 fully saturated rings. The molecule has 210 valence electrons. The average Bonchev–Trinajstić information content (AvgIpc) is 3.60. The Hall–Kier alpha value is -4.12. The summed E-state index contributed by atoms with van der Waals surface area (Å²) in [4.78, 5) is 4.43. The molecular weight excluding hydrogens is 702 g/mol. The van der Waals surface area contributed by atoms with Crippen LogP contribution < -0.4 is 4.57 Å². The summed E-state index contributed by atoms with van der Waals surface area (Å²) >= 11 is 0. The first kappa shape index (κ1) is 23.4. The van der Waals surface area contributed by atoms with Crippen LogP contribution in [-0.4, -0.2) is 9.55 Å². The zero-order chi connectivity index (χ0) is 32.8. The van der Waals surface area contributed by atoms with Crippen molar-refractivity contribution in [3.8, 4) is 16.9 Å². The molecule has 0 unspecified atom stereocenters. The summed E-state index contributed by atoms with van der Waals surface area (Å²) in [5.74, 6) is -0.286. The van der Waals surface area contributed by atoms with Crippen LogP contribution >= 0.6 is 0 Å². The Morgan fingerprint density at radius 3 is 2.62 bits per heavy atom. The molecule has 0 atom stereocenters. The smallest absolute Gasteiger partial charge is 0.501 e. The number of fused-ring (bicyclic) bond motifs is 4. The first-order valence-electron chi connectivity index (χ1n) is 15.8. The normalized spacial score (nSPS) is 13.5. The van der Waals surface area contributed by atoms with E-state index >= 15 is 0 Å². The van der Waals surface area contributed by atoms with E-state index in [0.29, 0.717) is 16.9 Å². The molecule has 0 bridgehead atoms. The fourth-order valence-corrected chi connectivity index (χ4v) is 4.91. The molecule has 0 saturated carbocycles. The van der Waals surface area contributed by atoms with E-state index in [0.717, 1.165) is 44.1 Å². The van der Waals surface area contributed by atoms with Gasteiger partial charge in [0.25, 0.3) is 0 Å². The molecule has 0 saturated heterocycles. The first-order chi connectivity index (χ1) is 21.8.